The summed E-state index contributed by atoms with van der Waals surface area (Å²) in [7, 11) is 0. The van der Waals surface area contributed by atoms with E-state index in [1.165, 1.54) is 50.1 Å². The zero-order valence-corrected chi connectivity index (χ0v) is 24.0. The number of carboxylic acid groups (broad SMARTS) is 1. The van der Waals surface area contributed by atoms with Crippen LogP contribution < -0.4 is 4.74 Å². The number of benzene rings is 5. The molecule has 41 heavy (non-hydrogen) atoms. The molecule has 0 amide bonds. The van der Waals surface area contributed by atoms with E-state index >= 15 is 0 Å². The van der Waals surface area contributed by atoms with E-state index in [0.717, 1.165) is 10.6 Å². The van der Waals surface area contributed by atoms with Crippen LogP contribution >= 0.6 is 11.8 Å². The first-order chi connectivity index (χ1) is 19.9. The molecule has 0 heterocycles. The summed E-state index contributed by atoms with van der Waals surface area (Å²) in [6.07, 6.45) is 2.28. The second-order valence-electron chi connectivity index (χ2n) is 9.98. The van der Waals surface area contributed by atoms with Crippen molar-refractivity contribution < 1.29 is 14.6 Å². The van der Waals surface area contributed by atoms with Gasteiger partial charge >= 0.3 is 5.97 Å². The Kier molecular flexibility index (Phi) is 9.02. The summed E-state index contributed by atoms with van der Waals surface area (Å²) in [5.74, 6) is 0.347. The maximum atomic E-state index is 10.8. The minimum absolute atomic E-state index is 0.343. The maximum Gasteiger partial charge on any atom is 0.341 e. The van der Waals surface area contributed by atoms with Gasteiger partial charge in [0.15, 0.2) is 6.61 Å². The molecule has 0 aliphatic carbocycles. The van der Waals surface area contributed by atoms with Crippen LogP contribution in [-0.4, -0.2) is 23.4 Å². The van der Waals surface area contributed by atoms with Crippen molar-refractivity contribution in [3.8, 4) is 28.0 Å². The van der Waals surface area contributed by atoms with Gasteiger partial charge in [0.2, 0.25) is 0 Å². The number of ether oxygens (including phenoxy) is 1. The van der Waals surface area contributed by atoms with Crippen molar-refractivity contribution in [2.45, 2.75) is 18.7 Å². The number of hydrogen-bond donors (Lipinski definition) is 1. The quantitative estimate of drug-likeness (QED) is 0.174. The number of carboxylic acids is 1. The molecule has 0 fully saturated rings. The van der Waals surface area contributed by atoms with Gasteiger partial charge in [0, 0.05) is 10.6 Å². The van der Waals surface area contributed by atoms with E-state index in [1.807, 2.05) is 24.3 Å². The highest BCUT2D eigenvalue weighted by molar-refractivity contribution is 7.99. The highest BCUT2D eigenvalue weighted by Crippen LogP contribution is 2.31. The molecular formula is C37H32O3S. The minimum atomic E-state index is -0.986. The van der Waals surface area contributed by atoms with Crippen molar-refractivity contribution in [2.24, 2.45) is 0 Å². The molecule has 0 radical (unpaired) electrons. The van der Waals surface area contributed by atoms with Crippen LogP contribution in [0.1, 0.15) is 22.3 Å². The summed E-state index contributed by atoms with van der Waals surface area (Å²) in [4.78, 5) is 11.8. The number of aryl methyl sites for hydroxylation is 2. The molecular weight excluding hydrogens is 524 g/mol. The maximum absolute atomic E-state index is 10.8. The van der Waals surface area contributed by atoms with E-state index in [4.69, 9.17) is 9.84 Å². The molecule has 0 bridgehead atoms. The fraction of sp³-hybridized carbons (Fsp3) is 0.108. The number of rotatable bonds is 10. The molecule has 0 aromatic heterocycles. The Morgan fingerprint density at radius 3 is 1.66 bits per heavy atom. The second-order valence-corrected chi connectivity index (χ2v) is 11.1. The van der Waals surface area contributed by atoms with Crippen molar-refractivity contribution in [1.82, 2.24) is 0 Å². The molecule has 5 aromatic carbocycles. The van der Waals surface area contributed by atoms with Crippen LogP contribution in [0.25, 0.3) is 27.8 Å². The van der Waals surface area contributed by atoms with Crippen LogP contribution in [0.4, 0.5) is 0 Å². The fourth-order valence-corrected chi connectivity index (χ4v) is 5.51. The Balaban J connectivity index is 1.40. The third-order valence-corrected chi connectivity index (χ3v) is 7.76. The molecule has 204 valence electrons. The summed E-state index contributed by atoms with van der Waals surface area (Å²) in [6, 6.07) is 42.3. The van der Waals surface area contributed by atoms with Crippen LogP contribution in [0, 0.1) is 13.8 Å². The Bertz CT molecular complexity index is 1560. The van der Waals surface area contributed by atoms with Gasteiger partial charge in [-0.25, -0.2) is 4.79 Å². The smallest absolute Gasteiger partial charge is 0.341 e. The van der Waals surface area contributed by atoms with E-state index in [9.17, 15) is 4.79 Å². The van der Waals surface area contributed by atoms with Gasteiger partial charge in [-0.3, -0.25) is 0 Å². The molecule has 0 atom stereocenters. The predicted octanol–water partition coefficient (Wildman–Crippen LogP) is 9.32. The molecule has 5 aromatic rings. The molecule has 1 N–H and O–H groups in total. The zero-order chi connectivity index (χ0) is 28.6. The van der Waals surface area contributed by atoms with Crippen molar-refractivity contribution in [2.75, 3.05) is 12.4 Å². The van der Waals surface area contributed by atoms with E-state index in [1.54, 1.807) is 11.8 Å². The molecule has 0 spiro atoms. The lowest BCUT2D eigenvalue weighted by atomic mass is 9.93. The van der Waals surface area contributed by atoms with Crippen LogP contribution in [0.5, 0.6) is 5.75 Å². The van der Waals surface area contributed by atoms with E-state index in [-0.39, 0.29) is 6.61 Å². The van der Waals surface area contributed by atoms with Gasteiger partial charge in [-0.05, 0) is 77.1 Å². The summed E-state index contributed by atoms with van der Waals surface area (Å²) in [5.41, 5.74) is 10.9. The zero-order valence-electron chi connectivity index (χ0n) is 23.2. The highest BCUT2D eigenvalue weighted by atomic mass is 32.2. The lowest BCUT2D eigenvalue weighted by molar-refractivity contribution is -0.139. The van der Waals surface area contributed by atoms with Crippen molar-refractivity contribution >= 4 is 23.3 Å². The van der Waals surface area contributed by atoms with E-state index < -0.39 is 5.97 Å². The predicted molar refractivity (Wildman–Crippen MR) is 171 cm³/mol. The van der Waals surface area contributed by atoms with Gasteiger partial charge in [-0.2, -0.15) is 0 Å². The average Bonchev–Trinajstić information content (AvgIpc) is 2.99. The lowest BCUT2D eigenvalue weighted by Gasteiger charge is -2.12. The number of hydrogen-bond acceptors (Lipinski definition) is 3. The monoisotopic (exact) mass is 556 g/mol. The van der Waals surface area contributed by atoms with Crippen molar-refractivity contribution in [3.05, 3.63) is 150 Å². The number of carbonyl (C=O) groups is 1. The summed E-state index contributed by atoms with van der Waals surface area (Å²) < 4.78 is 5.26. The Morgan fingerprint density at radius 2 is 1.20 bits per heavy atom. The molecule has 0 saturated carbocycles. The summed E-state index contributed by atoms with van der Waals surface area (Å²) in [6.45, 7) is 3.89. The first-order valence-corrected chi connectivity index (χ1v) is 14.6. The van der Waals surface area contributed by atoms with Crippen LogP contribution in [0.15, 0.2) is 132 Å². The molecule has 0 saturated heterocycles. The van der Waals surface area contributed by atoms with Crippen molar-refractivity contribution in [3.63, 3.8) is 0 Å². The average molecular weight is 557 g/mol. The lowest BCUT2D eigenvalue weighted by Crippen LogP contribution is -2.09. The third-order valence-electron chi connectivity index (χ3n) is 6.82. The Hall–Kier alpha value is -4.54. The normalized spacial score (nSPS) is 10.7. The number of thioether (sulfide) groups is 1. The molecule has 5 rings (SSSR count). The van der Waals surface area contributed by atoms with Crippen LogP contribution in [0.2, 0.25) is 0 Å². The van der Waals surface area contributed by atoms with Crippen LogP contribution in [0.3, 0.4) is 0 Å². The Labute approximate surface area is 246 Å². The van der Waals surface area contributed by atoms with Gasteiger partial charge in [0.25, 0.3) is 0 Å². The first-order valence-electron chi connectivity index (χ1n) is 13.6. The second kappa shape index (κ2) is 13.2. The van der Waals surface area contributed by atoms with Gasteiger partial charge in [-0.1, -0.05) is 114 Å². The molecule has 0 aliphatic rings. The topological polar surface area (TPSA) is 46.5 Å². The summed E-state index contributed by atoms with van der Waals surface area (Å²) >= 11 is 1.73. The van der Waals surface area contributed by atoms with Crippen molar-refractivity contribution in [1.29, 1.82) is 0 Å². The molecule has 4 heteroatoms. The Morgan fingerprint density at radius 1 is 0.683 bits per heavy atom. The third kappa shape index (κ3) is 7.56. The fourth-order valence-electron chi connectivity index (χ4n) is 4.73. The van der Waals surface area contributed by atoms with Gasteiger partial charge in [0.05, 0.1) is 0 Å². The van der Waals surface area contributed by atoms with Gasteiger partial charge in [-0.15, -0.1) is 11.8 Å². The molecule has 3 nitrogen and oxygen atoms in total. The van der Waals surface area contributed by atoms with Crippen LogP contribution in [-0.2, 0) is 4.79 Å². The van der Waals surface area contributed by atoms with Gasteiger partial charge in [0.1, 0.15) is 5.75 Å². The highest BCUT2D eigenvalue weighted by Gasteiger charge is 2.08. The standard InChI is InChI=1S/C37H32O3S/c1-26-5-3-7-32(23-26)28-9-13-30(14-10-28)36(21-22-41-35-19-17-34(18-20-35)40-25-37(38)39)31-15-11-29(12-16-31)33-8-4-6-27(2)24-33/h3-21,23-24H,22,25H2,1-2H3,(H,38,39). The first kappa shape index (κ1) is 28.0. The van der Waals surface area contributed by atoms with E-state index in [2.05, 4.69) is 117 Å². The van der Waals surface area contributed by atoms with E-state index in [0.29, 0.717) is 5.75 Å². The summed E-state index contributed by atoms with van der Waals surface area (Å²) in [5, 5.41) is 8.82. The largest absolute Gasteiger partial charge is 0.482 e. The SMILES string of the molecule is Cc1cccc(-c2ccc(C(=CCSc3ccc(OCC(=O)O)cc3)c3ccc(-c4cccc(C)c4)cc3)cc2)c1. The molecule has 0 aliphatic heterocycles. The minimum Gasteiger partial charge on any atom is -0.482 e. The number of aliphatic carboxylic acids is 1. The molecule has 0 unspecified atom stereocenters. The van der Waals surface area contributed by atoms with Gasteiger partial charge < -0.3 is 9.84 Å².